The fourth-order valence-corrected chi connectivity index (χ4v) is 2.28. The molecule has 1 aromatic heterocycles. The van der Waals surface area contributed by atoms with Gasteiger partial charge in [0.2, 0.25) is 0 Å². The largest absolute Gasteiger partial charge is 0.339 e. The average molecular weight is 336 g/mol. The Bertz CT molecular complexity index is 910. The molecule has 0 aliphatic rings. The second-order valence-electron chi connectivity index (χ2n) is 5.69. The molecule has 3 rings (SSSR count). The Balaban J connectivity index is 1.71. The summed E-state index contributed by atoms with van der Waals surface area (Å²) in [7, 11) is 0. The topological polar surface area (TPSA) is 66.9 Å². The van der Waals surface area contributed by atoms with E-state index in [0.717, 1.165) is 16.8 Å². The van der Waals surface area contributed by atoms with E-state index in [0.29, 0.717) is 11.5 Å². The van der Waals surface area contributed by atoms with Crippen molar-refractivity contribution in [2.45, 2.75) is 13.8 Å². The summed E-state index contributed by atoms with van der Waals surface area (Å²) in [6.45, 7) is 3.88. The van der Waals surface area contributed by atoms with Gasteiger partial charge in [-0.15, -0.1) is 0 Å². The molecule has 6 heteroatoms. The molecule has 0 saturated carbocycles. The Morgan fingerprint density at radius 2 is 1.88 bits per heavy atom. The number of rotatable bonds is 4. The summed E-state index contributed by atoms with van der Waals surface area (Å²) in [6.07, 6.45) is 2.81. The number of hydrogen-bond donors (Lipinski definition) is 2. The van der Waals surface area contributed by atoms with Gasteiger partial charge in [0.1, 0.15) is 17.3 Å². The van der Waals surface area contributed by atoms with Gasteiger partial charge in [0.15, 0.2) is 0 Å². The van der Waals surface area contributed by atoms with Crippen molar-refractivity contribution in [2.75, 3.05) is 10.6 Å². The number of nitrogens with one attached hydrogen (secondary N) is 2. The number of aromatic nitrogens is 2. The summed E-state index contributed by atoms with van der Waals surface area (Å²) in [5.41, 5.74) is 3.53. The molecular formula is C19H17FN4O. The normalized spacial score (nSPS) is 10.4. The number of carbonyl (C=O) groups is 1. The van der Waals surface area contributed by atoms with Crippen LogP contribution in [0.4, 0.5) is 21.6 Å². The lowest BCUT2D eigenvalue weighted by molar-refractivity contribution is 0.102. The van der Waals surface area contributed by atoms with E-state index in [-0.39, 0.29) is 17.4 Å². The van der Waals surface area contributed by atoms with Crippen molar-refractivity contribution in [3.63, 3.8) is 0 Å². The van der Waals surface area contributed by atoms with Gasteiger partial charge in [-0.25, -0.2) is 14.4 Å². The zero-order valence-corrected chi connectivity index (χ0v) is 13.9. The van der Waals surface area contributed by atoms with Gasteiger partial charge in [0.25, 0.3) is 5.91 Å². The number of amides is 1. The molecular weight excluding hydrogens is 319 g/mol. The van der Waals surface area contributed by atoms with Crippen LogP contribution in [0.3, 0.4) is 0 Å². The standard InChI is InChI=1S/C19H17FN4O/c1-12-6-7-13(2)16(8-12)24-19(25)17-10-22-18(11-21-17)23-15-5-3-4-14(20)9-15/h3-11H,1-2H3,(H,22,23)(H,24,25). The van der Waals surface area contributed by atoms with Crippen LogP contribution in [0.15, 0.2) is 54.9 Å². The molecule has 0 atom stereocenters. The summed E-state index contributed by atoms with van der Waals surface area (Å²) >= 11 is 0. The Morgan fingerprint density at radius 1 is 1.04 bits per heavy atom. The molecule has 3 aromatic rings. The highest BCUT2D eigenvalue weighted by Crippen LogP contribution is 2.18. The maximum atomic E-state index is 13.2. The number of benzene rings is 2. The first-order valence-electron chi connectivity index (χ1n) is 7.74. The highest BCUT2D eigenvalue weighted by molar-refractivity contribution is 6.03. The van der Waals surface area contributed by atoms with Crippen molar-refractivity contribution < 1.29 is 9.18 Å². The summed E-state index contributed by atoms with van der Waals surface area (Å²) < 4.78 is 13.2. The van der Waals surface area contributed by atoms with Crippen LogP contribution in [0.25, 0.3) is 0 Å². The van der Waals surface area contributed by atoms with Crippen molar-refractivity contribution in [2.24, 2.45) is 0 Å². The Labute approximate surface area is 145 Å². The van der Waals surface area contributed by atoms with Crippen molar-refractivity contribution in [3.05, 3.63) is 77.5 Å². The molecule has 2 N–H and O–H groups in total. The second-order valence-corrected chi connectivity index (χ2v) is 5.69. The van der Waals surface area contributed by atoms with Crippen LogP contribution in [-0.2, 0) is 0 Å². The molecule has 0 saturated heterocycles. The predicted molar refractivity (Wildman–Crippen MR) is 95.6 cm³/mol. The minimum absolute atomic E-state index is 0.200. The predicted octanol–water partition coefficient (Wildman–Crippen LogP) is 4.23. The molecule has 25 heavy (non-hydrogen) atoms. The van der Waals surface area contributed by atoms with E-state index in [1.54, 1.807) is 12.1 Å². The molecule has 0 aliphatic carbocycles. The lowest BCUT2D eigenvalue weighted by atomic mass is 10.1. The molecule has 0 spiro atoms. The van der Waals surface area contributed by atoms with Crippen LogP contribution >= 0.6 is 0 Å². The van der Waals surface area contributed by atoms with E-state index in [2.05, 4.69) is 20.6 Å². The lowest BCUT2D eigenvalue weighted by Gasteiger charge is -2.09. The van der Waals surface area contributed by atoms with Crippen LogP contribution in [0.1, 0.15) is 21.6 Å². The molecule has 0 bridgehead atoms. The first-order chi connectivity index (χ1) is 12.0. The molecule has 0 radical (unpaired) electrons. The highest BCUT2D eigenvalue weighted by atomic mass is 19.1. The van der Waals surface area contributed by atoms with E-state index in [1.165, 1.54) is 24.5 Å². The van der Waals surface area contributed by atoms with E-state index < -0.39 is 0 Å². The van der Waals surface area contributed by atoms with Gasteiger partial charge in [-0.05, 0) is 49.2 Å². The van der Waals surface area contributed by atoms with E-state index in [4.69, 9.17) is 0 Å². The van der Waals surface area contributed by atoms with Crippen molar-refractivity contribution in [1.29, 1.82) is 0 Å². The molecule has 1 amide bonds. The number of aryl methyl sites for hydroxylation is 2. The quantitative estimate of drug-likeness (QED) is 0.748. The zero-order valence-electron chi connectivity index (χ0n) is 13.9. The van der Waals surface area contributed by atoms with Gasteiger partial charge < -0.3 is 10.6 Å². The van der Waals surface area contributed by atoms with E-state index >= 15 is 0 Å². The molecule has 2 aromatic carbocycles. The third kappa shape index (κ3) is 4.17. The smallest absolute Gasteiger partial charge is 0.275 e. The summed E-state index contributed by atoms with van der Waals surface area (Å²) in [5.74, 6) is -0.255. The maximum absolute atomic E-state index is 13.2. The third-order valence-corrected chi connectivity index (χ3v) is 3.62. The zero-order chi connectivity index (χ0) is 17.8. The number of hydrogen-bond acceptors (Lipinski definition) is 4. The number of carbonyl (C=O) groups excluding carboxylic acids is 1. The van der Waals surface area contributed by atoms with Gasteiger partial charge in [0, 0.05) is 11.4 Å². The monoisotopic (exact) mass is 336 g/mol. The van der Waals surface area contributed by atoms with Crippen LogP contribution in [0.5, 0.6) is 0 Å². The lowest BCUT2D eigenvalue weighted by Crippen LogP contribution is -2.15. The van der Waals surface area contributed by atoms with Crippen LogP contribution in [-0.4, -0.2) is 15.9 Å². The Kier molecular flexibility index (Phi) is 4.70. The summed E-state index contributed by atoms with van der Waals surface area (Å²) in [4.78, 5) is 20.6. The SMILES string of the molecule is Cc1ccc(C)c(NC(=O)c2cnc(Nc3cccc(F)c3)cn2)c1. The van der Waals surface area contributed by atoms with Crippen LogP contribution in [0, 0.1) is 19.7 Å². The highest BCUT2D eigenvalue weighted by Gasteiger charge is 2.10. The minimum atomic E-state index is -0.345. The molecule has 126 valence electrons. The molecule has 5 nitrogen and oxygen atoms in total. The van der Waals surface area contributed by atoms with Gasteiger partial charge >= 0.3 is 0 Å². The van der Waals surface area contributed by atoms with Gasteiger partial charge in [0.05, 0.1) is 12.4 Å². The van der Waals surface area contributed by atoms with Gasteiger partial charge in [-0.1, -0.05) is 18.2 Å². The van der Waals surface area contributed by atoms with Gasteiger partial charge in [-0.2, -0.15) is 0 Å². The number of anilines is 3. The summed E-state index contributed by atoms with van der Waals surface area (Å²) in [5, 5.41) is 5.76. The Hall–Kier alpha value is -3.28. The second kappa shape index (κ2) is 7.09. The van der Waals surface area contributed by atoms with E-state index in [1.807, 2.05) is 32.0 Å². The first-order valence-corrected chi connectivity index (χ1v) is 7.74. The summed E-state index contributed by atoms with van der Waals surface area (Å²) in [6, 6.07) is 11.9. The molecule has 0 unspecified atom stereocenters. The average Bonchev–Trinajstić information content (AvgIpc) is 2.59. The maximum Gasteiger partial charge on any atom is 0.275 e. The minimum Gasteiger partial charge on any atom is -0.339 e. The molecule has 1 heterocycles. The van der Waals surface area contributed by atoms with Crippen molar-refractivity contribution in [3.8, 4) is 0 Å². The number of halogens is 1. The fraction of sp³-hybridized carbons (Fsp3) is 0.105. The van der Waals surface area contributed by atoms with Crippen LogP contribution in [0.2, 0.25) is 0 Å². The van der Waals surface area contributed by atoms with Crippen molar-refractivity contribution in [1.82, 2.24) is 9.97 Å². The van der Waals surface area contributed by atoms with Crippen molar-refractivity contribution >= 4 is 23.1 Å². The Morgan fingerprint density at radius 3 is 2.60 bits per heavy atom. The first kappa shape index (κ1) is 16.6. The van der Waals surface area contributed by atoms with Gasteiger partial charge in [-0.3, -0.25) is 4.79 Å². The third-order valence-electron chi connectivity index (χ3n) is 3.62. The van der Waals surface area contributed by atoms with Crippen LogP contribution < -0.4 is 10.6 Å². The molecule has 0 aliphatic heterocycles. The number of nitrogens with zero attached hydrogens (tertiary/aromatic N) is 2. The van der Waals surface area contributed by atoms with E-state index in [9.17, 15) is 9.18 Å². The fourth-order valence-electron chi connectivity index (χ4n) is 2.28. The molecule has 0 fully saturated rings.